The molecule has 1 amide bonds. The molecule has 1 aromatic heterocycles. The number of likely N-dealkylation sites (N-methyl/N-ethyl adjacent to an activating group) is 1. The lowest BCUT2D eigenvalue weighted by Crippen LogP contribution is -2.52. The van der Waals surface area contributed by atoms with Crippen LogP contribution in [0.15, 0.2) is 42.7 Å². The molecule has 0 radical (unpaired) electrons. The number of carbonyl (C=O) groups excluding carboxylic acids is 1. The van der Waals surface area contributed by atoms with Gasteiger partial charge in [0, 0.05) is 45.1 Å². The van der Waals surface area contributed by atoms with Gasteiger partial charge < -0.3 is 9.80 Å². The molecular formula is C21H27N5O. The van der Waals surface area contributed by atoms with Gasteiger partial charge in [-0.2, -0.15) is 0 Å². The van der Waals surface area contributed by atoms with E-state index in [0.29, 0.717) is 0 Å². The Morgan fingerprint density at radius 1 is 1.04 bits per heavy atom. The van der Waals surface area contributed by atoms with Crippen LogP contribution in [0.5, 0.6) is 0 Å². The first kappa shape index (κ1) is 17.9. The Morgan fingerprint density at radius 3 is 2.59 bits per heavy atom. The van der Waals surface area contributed by atoms with Crippen LogP contribution in [0.4, 0.5) is 5.95 Å². The number of benzene rings is 1. The highest BCUT2D eigenvalue weighted by Crippen LogP contribution is 2.24. The van der Waals surface area contributed by atoms with Crippen LogP contribution in [0.25, 0.3) is 0 Å². The van der Waals surface area contributed by atoms with Crippen molar-refractivity contribution < 1.29 is 4.79 Å². The number of nitrogens with zero attached hydrogens (tertiary/aromatic N) is 5. The number of anilines is 1. The van der Waals surface area contributed by atoms with Crippen molar-refractivity contribution in [2.75, 3.05) is 37.6 Å². The molecule has 1 atom stereocenters. The number of hydrogen-bond acceptors (Lipinski definition) is 5. The van der Waals surface area contributed by atoms with E-state index in [4.69, 9.17) is 0 Å². The van der Waals surface area contributed by atoms with Crippen LogP contribution in [0.2, 0.25) is 0 Å². The predicted octanol–water partition coefficient (Wildman–Crippen LogP) is 1.96. The molecule has 142 valence electrons. The van der Waals surface area contributed by atoms with Gasteiger partial charge in [-0.25, -0.2) is 9.97 Å². The fourth-order valence-corrected chi connectivity index (χ4v) is 4.16. The normalized spacial score (nSPS) is 20.9. The van der Waals surface area contributed by atoms with Crippen molar-refractivity contribution in [3.63, 3.8) is 0 Å². The van der Waals surface area contributed by atoms with E-state index in [2.05, 4.69) is 51.0 Å². The lowest BCUT2D eigenvalue weighted by Gasteiger charge is -2.37. The van der Waals surface area contributed by atoms with Crippen LogP contribution < -0.4 is 4.90 Å². The second-order valence-electron chi connectivity index (χ2n) is 7.27. The largest absolute Gasteiger partial charge is 0.339 e. The summed E-state index contributed by atoms with van der Waals surface area (Å²) < 4.78 is 0. The lowest BCUT2D eigenvalue weighted by atomic mass is 9.93. The Kier molecular flexibility index (Phi) is 5.34. The van der Waals surface area contributed by atoms with Gasteiger partial charge in [-0.1, -0.05) is 31.2 Å². The highest BCUT2D eigenvalue weighted by atomic mass is 16.2. The molecule has 0 N–H and O–H groups in total. The average Bonchev–Trinajstić information content (AvgIpc) is 2.99. The average molecular weight is 365 g/mol. The van der Waals surface area contributed by atoms with E-state index in [1.165, 1.54) is 11.1 Å². The van der Waals surface area contributed by atoms with Crippen molar-refractivity contribution in [1.82, 2.24) is 19.8 Å². The zero-order valence-corrected chi connectivity index (χ0v) is 15.9. The fraction of sp³-hybridized carbons (Fsp3) is 0.476. The monoisotopic (exact) mass is 365 g/mol. The zero-order chi connectivity index (χ0) is 18.6. The number of fused-ring (bicyclic) bond motifs is 1. The summed E-state index contributed by atoms with van der Waals surface area (Å²) in [6.45, 7) is 7.10. The molecule has 4 rings (SSSR count). The van der Waals surface area contributed by atoms with E-state index in [1.807, 2.05) is 11.0 Å². The van der Waals surface area contributed by atoms with E-state index < -0.39 is 0 Å². The third-order valence-corrected chi connectivity index (χ3v) is 5.68. The topological polar surface area (TPSA) is 52.6 Å². The van der Waals surface area contributed by atoms with Crippen LogP contribution in [0.3, 0.4) is 0 Å². The summed E-state index contributed by atoms with van der Waals surface area (Å²) in [4.78, 5) is 28.6. The van der Waals surface area contributed by atoms with Crippen LogP contribution in [0.1, 0.15) is 24.5 Å². The molecule has 1 aromatic carbocycles. The van der Waals surface area contributed by atoms with Gasteiger partial charge in [0.25, 0.3) is 0 Å². The van der Waals surface area contributed by atoms with Crippen molar-refractivity contribution in [2.45, 2.75) is 32.4 Å². The molecule has 2 aliphatic heterocycles. The smallest absolute Gasteiger partial charge is 0.240 e. The molecule has 0 aliphatic carbocycles. The predicted molar refractivity (Wildman–Crippen MR) is 105 cm³/mol. The van der Waals surface area contributed by atoms with Crippen molar-refractivity contribution in [3.05, 3.63) is 53.9 Å². The Morgan fingerprint density at radius 2 is 1.81 bits per heavy atom. The minimum Gasteiger partial charge on any atom is -0.339 e. The molecule has 6 nitrogen and oxygen atoms in total. The number of rotatable bonds is 3. The first-order valence-electron chi connectivity index (χ1n) is 9.88. The molecular weight excluding hydrogens is 338 g/mol. The molecule has 0 spiro atoms. The molecule has 0 bridgehead atoms. The Hall–Kier alpha value is -2.47. The minimum atomic E-state index is -0.0515. The number of amides is 1. The maximum Gasteiger partial charge on any atom is 0.240 e. The van der Waals surface area contributed by atoms with E-state index in [0.717, 1.165) is 58.1 Å². The standard InChI is InChI=1S/C21H27N5O/c1-2-24-16-18-8-4-3-7-17(18)15-19(24)20(27)25-11-6-12-26(14-13-25)21-22-9-5-10-23-21/h3-5,7-10,19H,2,6,11-16H2,1H3/t19-/m0/s1. The second kappa shape index (κ2) is 8.05. The van der Waals surface area contributed by atoms with Gasteiger partial charge in [0.1, 0.15) is 0 Å². The molecule has 0 saturated carbocycles. The maximum atomic E-state index is 13.4. The Balaban J connectivity index is 1.46. The first-order chi connectivity index (χ1) is 13.3. The highest BCUT2D eigenvalue weighted by Gasteiger charge is 2.34. The third kappa shape index (κ3) is 3.81. The van der Waals surface area contributed by atoms with E-state index >= 15 is 0 Å². The van der Waals surface area contributed by atoms with Gasteiger partial charge in [0.15, 0.2) is 0 Å². The van der Waals surface area contributed by atoms with E-state index in [-0.39, 0.29) is 11.9 Å². The molecule has 3 heterocycles. The SMILES string of the molecule is CCN1Cc2ccccc2C[C@H]1C(=O)N1CCCN(c2ncccn2)CC1. The molecule has 2 aliphatic rings. The number of carbonyl (C=O) groups is 1. The van der Waals surface area contributed by atoms with Gasteiger partial charge >= 0.3 is 0 Å². The Labute approximate surface area is 160 Å². The van der Waals surface area contributed by atoms with Crippen molar-refractivity contribution in [3.8, 4) is 0 Å². The highest BCUT2D eigenvalue weighted by molar-refractivity contribution is 5.82. The van der Waals surface area contributed by atoms with Gasteiger partial charge in [-0.05, 0) is 36.6 Å². The zero-order valence-electron chi connectivity index (χ0n) is 15.9. The van der Waals surface area contributed by atoms with E-state index in [1.54, 1.807) is 12.4 Å². The molecule has 27 heavy (non-hydrogen) atoms. The maximum absolute atomic E-state index is 13.4. The number of aromatic nitrogens is 2. The summed E-state index contributed by atoms with van der Waals surface area (Å²) in [7, 11) is 0. The minimum absolute atomic E-state index is 0.0515. The molecule has 2 aromatic rings. The molecule has 1 saturated heterocycles. The molecule has 6 heteroatoms. The van der Waals surface area contributed by atoms with Gasteiger partial charge in [0.2, 0.25) is 11.9 Å². The van der Waals surface area contributed by atoms with Gasteiger partial charge in [0.05, 0.1) is 6.04 Å². The van der Waals surface area contributed by atoms with Crippen molar-refractivity contribution >= 4 is 11.9 Å². The van der Waals surface area contributed by atoms with E-state index in [9.17, 15) is 4.79 Å². The summed E-state index contributed by atoms with van der Waals surface area (Å²) in [6, 6.07) is 10.3. The quantitative estimate of drug-likeness (QED) is 0.832. The Bertz CT molecular complexity index is 781. The van der Waals surface area contributed by atoms with Crippen LogP contribution in [-0.4, -0.2) is 64.4 Å². The molecule has 1 fully saturated rings. The third-order valence-electron chi connectivity index (χ3n) is 5.68. The van der Waals surface area contributed by atoms with Crippen LogP contribution in [0, 0.1) is 0 Å². The summed E-state index contributed by atoms with van der Waals surface area (Å²) in [5, 5.41) is 0. The fourth-order valence-electron chi connectivity index (χ4n) is 4.16. The van der Waals surface area contributed by atoms with Crippen molar-refractivity contribution in [2.24, 2.45) is 0 Å². The van der Waals surface area contributed by atoms with Crippen LogP contribution >= 0.6 is 0 Å². The molecule has 0 unspecified atom stereocenters. The summed E-state index contributed by atoms with van der Waals surface area (Å²) in [5.74, 6) is 1.02. The van der Waals surface area contributed by atoms with Crippen molar-refractivity contribution in [1.29, 1.82) is 0 Å². The second-order valence-corrected chi connectivity index (χ2v) is 7.27. The summed E-state index contributed by atoms with van der Waals surface area (Å²) >= 11 is 0. The summed E-state index contributed by atoms with van der Waals surface area (Å²) in [6.07, 6.45) is 5.30. The van der Waals surface area contributed by atoms with Gasteiger partial charge in [-0.3, -0.25) is 9.69 Å². The van der Waals surface area contributed by atoms with Gasteiger partial charge in [-0.15, -0.1) is 0 Å². The lowest BCUT2D eigenvalue weighted by molar-refractivity contribution is -0.137. The number of hydrogen-bond donors (Lipinski definition) is 0. The van der Waals surface area contributed by atoms with Crippen LogP contribution in [-0.2, 0) is 17.8 Å². The first-order valence-corrected chi connectivity index (χ1v) is 9.88. The summed E-state index contributed by atoms with van der Waals surface area (Å²) in [5.41, 5.74) is 2.67.